The number of aliphatic hydroxyl groups excluding tert-OH is 1. The van der Waals surface area contributed by atoms with Crippen molar-refractivity contribution in [3.05, 3.63) is 21.6 Å². The van der Waals surface area contributed by atoms with E-state index in [2.05, 4.69) is 10.4 Å². The van der Waals surface area contributed by atoms with Gasteiger partial charge in [-0.1, -0.05) is 11.6 Å². The van der Waals surface area contributed by atoms with Crippen LogP contribution in [0.5, 0.6) is 0 Å². The van der Waals surface area contributed by atoms with E-state index in [0.29, 0.717) is 11.6 Å². The van der Waals surface area contributed by atoms with Gasteiger partial charge in [0.15, 0.2) is 0 Å². The zero-order valence-corrected chi connectivity index (χ0v) is 12.4. The number of aliphatic hydroxyl groups is 1. The number of hydrogen-bond acceptors (Lipinski definition) is 5. The molecule has 1 aromatic heterocycles. The Balaban J connectivity index is 2.11. The van der Waals surface area contributed by atoms with E-state index in [1.54, 1.807) is 6.20 Å². The highest BCUT2D eigenvalue weighted by atomic mass is 35.5. The predicted molar refractivity (Wildman–Crippen MR) is 79.5 cm³/mol. The second-order valence-electron chi connectivity index (χ2n) is 5.19. The molecule has 1 fully saturated rings. The molecule has 2 heterocycles. The molecule has 0 saturated carbocycles. The molecule has 0 bridgehead atoms. The molecular formula is C13H21ClN4O2. The molecule has 2 N–H and O–H groups in total. The molecule has 0 aromatic carbocycles. The molecule has 1 aliphatic heterocycles. The molecule has 20 heavy (non-hydrogen) atoms. The number of rotatable bonds is 5. The third-order valence-corrected chi connectivity index (χ3v) is 3.98. The van der Waals surface area contributed by atoms with E-state index in [-0.39, 0.29) is 23.7 Å². The summed E-state index contributed by atoms with van der Waals surface area (Å²) in [6, 6.07) is 0. The monoisotopic (exact) mass is 300 g/mol. The fraction of sp³-hybridized carbons (Fsp3) is 0.692. The van der Waals surface area contributed by atoms with Gasteiger partial charge < -0.3 is 15.3 Å². The first kappa shape index (κ1) is 15.3. The van der Waals surface area contributed by atoms with Crippen LogP contribution in [0.4, 0.5) is 5.69 Å². The normalized spacial score (nSPS) is 19.1. The maximum atomic E-state index is 12.0. The average Bonchev–Trinajstić information content (AvgIpc) is 2.45. The number of nitrogens with one attached hydrogen (secondary N) is 1. The van der Waals surface area contributed by atoms with Gasteiger partial charge in [-0.25, -0.2) is 4.68 Å². The predicted octanol–water partition coefficient (Wildman–Crippen LogP) is 0.325. The molecule has 112 valence electrons. The molecule has 0 amide bonds. The van der Waals surface area contributed by atoms with Crippen molar-refractivity contribution in [1.29, 1.82) is 0 Å². The second-order valence-corrected chi connectivity index (χ2v) is 5.57. The summed E-state index contributed by atoms with van der Waals surface area (Å²) in [7, 11) is 1.92. The Morgan fingerprint density at radius 3 is 3.10 bits per heavy atom. The lowest BCUT2D eigenvalue weighted by Gasteiger charge is -2.29. The molecule has 0 spiro atoms. The number of nitrogens with zero attached hydrogens (tertiary/aromatic N) is 3. The molecular weight excluding hydrogens is 280 g/mol. The lowest BCUT2D eigenvalue weighted by molar-refractivity contribution is 0.266. The van der Waals surface area contributed by atoms with Crippen molar-refractivity contribution in [1.82, 2.24) is 15.1 Å². The summed E-state index contributed by atoms with van der Waals surface area (Å²) in [5.41, 5.74) is 0.295. The second kappa shape index (κ2) is 7.06. The van der Waals surface area contributed by atoms with Crippen LogP contribution in [-0.2, 0) is 6.54 Å². The van der Waals surface area contributed by atoms with Gasteiger partial charge in [-0.2, -0.15) is 5.10 Å². The molecule has 1 unspecified atom stereocenters. The van der Waals surface area contributed by atoms with Gasteiger partial charge in [-0.05, 0) is 31.8 Å². The van der Waals surface area contributed by atoms with Gasteiger partial charge in [0.25, 0.3) is 5.56 Å². The van der Waals surface area contributed by atoms with Crippen LogP contribution in [0.3, 0.4) is 0 Å². The minimum atomic E-state index is -0.355. The highest BCUT2D eigenvalue weighted by Crippen LogP contribution is 2.22. The van der Waals surface area contributed by atoms with Crippen LogP contribution in [0.15, 0.2) is 11.0 Å². The zero-order valence-electron chi connectivity index (χ0n) is 11.7. The van der Waals surface area contributed by atoms with Crippen molar-refractivity contribution in [2.75, 3.05) is 38.2 Å². The quantitative estimate of drug-likeness (QED) is 0.820. The van der Waals surface area contributed by atoms with Gasteiger partial charge in [0.2, 0.25) is 0 Å². The van der Waals surface area contributed by atoms with Crippen LogP contribution < -0.4 is 15.8 Å². The Morgan fingerprint density at radius 1 is 1.65 bits per heavy atom. The summed E-state index contributed by atoms with van der Waals surface area (Å²) in [6.07, 6.45) is 3.96. The number of piperidine rings is 1. The first-order chi connectivity index (χ1) is 9.63. The molecule has 2 rings (SSSR count). The van der Waals surface area contributed by atoms with Crippen molar-refractivity contribution in [3.63, 3.8) is 0 Å². The van der Waals surface area contributed by atoms with E-state index in [1.807, 2.05) is 11.9 Å². The minimum Gasteiger partial charge on any atom is -0.394 e. The smallest absolute Gasteiger partial charge is 0.287 e. The largest absolute Gasteiger partial charge is 0.394 e. The number of anilines is 1. The molecule has 1 saturated heterocycles. The van der Waals surface area contributed by atoms with Crippen molar-refractivity contribution in [2.45, 2.75) is 19.4 Å². The van der Waals surface area contributed by atoms with E-state index >= 15 is 0 Å². The average molecular weight is 301 g/mol. The summed E-state index contributed by atoms with van der Waals surface area (Å²) in [5, 5.41) is 16.5. The van der Waals surface area contributed by atoms with Crippen LogP contribution >= 0.6 is 11.6 Å². The minimum absolute atomic E-state index is 0.133. The first-order valence-electron chi connectivity index (χ1n) is 6.91. The summed E-state index contributed by atoms with van der Waals surface area (Å²) >= 11 is 6.13. The fourth-order valence-electron chi connectivity index (χ4n) is 2.54. The SMILES string of the molecule is CN(CC1CCCNC1)c1cnn(CCO)c(=O)c1Cl. The Hall–Kier alpha value is -1.11. The van der Waals surface area contributed by atoms with E-state index < -0.39 is 0 Å². The van der Waals surface area contributed by atoms with Crippen molar-refractivity contribution >= 4 is 17.3 Å². The molecule has 7 heteroatoms. The van der Waals surface area contributed by atoms with Crippen LogP contribution in [0.1, 0.15) is 12.8 Å². The van der Waals surface area contributed by atoms with Crippen LogP contribution in [-0.4, -0.2) is 48.2 Å². The zero-order chi connectivity index (χ0) is 14.5. The summed E-state index contributed by atoms with van der Waals surface area (Å²) in [6.45, 7) is 2.95. The topological polar surface area (TPSA) is 70.4 Å². The lowest BCUT2D eigenvalue weighted by atomic mass is 9.99. The van der Waals surface area contributed by atoms with Gasteiger partial charge in [-0.15, -0.1) is 0 Å². The van der Waals surface area contributed by atoms with Crippen molar-refractivity contribution in [3.8, 4) is 0 Å². The number of hydrogen-bond donors (Lipinski definition) is 2. The highest BCUT2D eigenvalue weighted by molar-refractivity contribution is 6.33. The lowest BCUT2D eigenvalue weighted by Crippen LogP contribution is -2.37. The molecule has 1 atom stereocenters. The van der Waals surface area contributed by atoms with Gasteiger partial charge in [0.1, 0.15) is 5.02 Å². The number of aromatic nitrogens is 2. The molecule has 0 radical (unpaired) electrons. The third kappa shape index (κ3) is 3.50. The Morgan fingerprint density at radius 2 is 2.45 bits per heavy atom. The highest BCUT2D eigenvalue weighted by Gasteiger charge is 2.18. The summed E-state index contributed by atoms with van der Waals surface area (Å²) in [4.78, 5) is 14.0. The molecule has 0 aliphatic carbocycles. The van der Waals surface area contributed by atoms with Crippen molar-refractivity contribution in [2.24, 2.45) is 5.92 Å². The molecule has 1 aliphatic rings. The first-order valence-corrected chi connectivity index (χ1v) is 7.29. The summed E-state index contributed by atoms with van der Waals surface area (Å²) in [5.74, 6) is 0.560. The van der Waals surface area contributed by atoms with E-state index in [1.165, 1.54) is 17.5 Å². The van der Waals surface area contributed by atoms with Gasteiger partial charge >= 0.3 is 0 Å². The fourth-order valence-corrected chi connectivity index (χ4v) is 2.83. The number of halogens is 1. The van der Waals surface area contributed by atoms with Crippen LogP contribution in [0.2, 0.25) is 5.02 Å². The van der Waals surface area contributed by atoms with Gasteiger partial charge in [0, 0.05) is 13.6 Å². The van der Waals surface area contributed by atoms with E-state index in [4.69, 9.17) is 16.7 Å². The Labute approximate surface area is 123 Å². The third-order valence-electron chi connectivity index (χ3n) is 3.62. The van der Waals surface area contributed by atoms with Gasteiger partial charge in [-0.3, -0.25) is 4.79 Å². The molecule has 6 nitrogen and oxygen atoms in total. The van der Waals surface area contributed by atoms with Crippen LogP contribution in [0.25, 0.3) is 0 Å². The molecule has 1 aromatic rings. The van der Waals surface area contributed by atoms with E-state index in [9.17, 15) is 4.79 Å². The Kier molecular flexibility index (Phi) is 5.39. The maximum absolute atomic E-state index is 12.0. The standard InChI is InChI=1S/C13H21ClN4O2/c1-17(9-10-3-2-4-15-7-10)11-8-16-18(5-6-19)13(20)12(11)14/h8,10,15,19H,2-7,9H2,1H3. The Bertz CT molecular complexity index is 500. The van der Waals surface area contributed by atoms with Crippen molar-refractivity contribution < 1.29 is 5.11 Å². The van der Waals surface area contributed by atoms with Crippen LogP contribution in [0, 0.1) is 5.92 Å². The van der Waals surface area contributed by atoms with E-state index in [0.717, 1.165) is 19.6 Å². The maximum Gasteiger partial charge on any atom is 0.287 e. The van der Waals surface area contributed by atoms with Gasteiger partial charge in [0.05, 0.1) is 25.0 Å². The summed E-state index contributed by atoms with van der Waals surface area (Å²) < 4.78 is 1.18.